The van der Waals surface area contributed by atoms with Crippen LogP contribution in [0.1, 0.15) is 25.1 Å². The predicted molar refractivity (Wildman–Crippen MR) is 47.1 cm³/mol. The van der Waals surface area contributed by atoms with E-state index in [2.05, 4.69) is 9.97 Å². The summed E-state index contributed by atoms with van der Waals surface area (Å²) < 4.78 is 12.4. The van der Waals surface area contributed by atoms with Crippen LogP contribution in [0.2, 0.25) is 0 Å². The van der Waals surface area contributed by atoms with Crippen molar-refractivity contribution in [3.05, 3.63) is 18.2 Å². The van der Waals surface area contributed by atoms with Gasteiger partial charge in [-0.25, -0.2) is 9.37 Å². The number of alkyl halides is 1. The van der Waals surface area contributed by atoms with Crippen LogP contribution in [0.25, 0.3) is 0 Å². The molecule has 1 rings (SSSR count). The molecule has 0 aromatic carbocycles. The van der Waals surface area contributed by atoms with E-state index >= 15 is 0 Å². The van der Waals surface area contributed by atoms with Crippen molar-refractivity contribution in [2.75, 3.05) is 0 Å². The van der Waals surface area contributed by atoms with Crippen LogP contribution in [0, 0.1) is 0 Å². The van der Waals surface area contributed by atoms with E-state index in [0.29, 0.717) is 12.7 Å². The zero-order valence-corrected chi connectivity index (χ0v) is 7.37. The highest BCUT2D eigenvalue weighted by Gasteiger charge is 2.03. The second kappa shape index (κ2) is 5.45. The summed E-state index contributed by atoms with van der Waals surface area (Å²) >= 11 is 0. The third kappa shape index (κ3) is 3.83. The summed E-state index contributed by atoms with van der Waals surface area (Å²) in [6.07, 6.45) is 5.24. The number of halogens is 1. The van der Waals surface area contributed by atoms with Crippen molar-refractivity contribution >= 4 is 6.29 Å². The van der Waals surface area contributed by atoms with Gasteiger partial charge in [-0.15, -0.1) is 0 Å². The molecule has 3 nitrogen and oxygen atoms in total. The molecule has 0 bridgehead atoms. The van der Waals surface area contributed by atoms with E-state index in [9.17, 15) is 9.18 Å². The molecule has 0 amide bonds. The van der Waals surface area contributed by atoms with E-state index in [0.717, 1.165) is 25.1 Å². The molecule has 1 N–H and O–H groups in total. The standard InChI is InChI=1S/C9H13FN2O/c10-8(7-13)3-1-2-4-9-11-5-6-12-9/h5-8H,1-4H2,(H,11,12). The van der Waals surface area contributed by atoms with Crippen LogP contribution in [0.5, 0.6) is 0 Å². The number of aromatic nitrogens is 2. The number of unbranched alkanes of at least 4 members (excludes halogenated alkanes) is 1. The smallest absolute Gasteiger partial charge is 0.155 e. The number of hydrogen-bond acceptors (Lipinski definition) is 2. The molecule has 13 heavy (non-hydrogen) atoms. The van der Waals surface area contributed by atoms with E-state index in [4.69, 9.17) is 0 Å². The van der Waals surface area contributed by atoms with Crippen molar-refractivity contribution in [1.29, 1.82) is 0 Å². The molecule has 0 saturated carbocycles. The number of rotatable bonds is 6. The van der Waals surface area contributed by atoms with Crippen molar-refractivity contribution in [3.8, 4) is 0 Å². The number of nitrogens with one attached hydrogen (secondary N) is 1. The first-order valence-corrected chi connectivity index (χ1v) is 4.40. The van der Waals surface area contributed by atoms with Gasteiger partial charge in [0.25, 0.3) is 0 Å². The summed E-state index contributed by atoms with van der Waals surface area (Å²) in [5.74, 6) is 0.918. The summed E-state index contributed by atoms with van der Waals surface area (Å²) in [6.45, 7) is 0. The monoisotopic (exact) mass is 184 g/mol. The second-order valence-electron chi connectivity index (χ2n) is 2.93. The molecule has 0 aliphatic heterocycles. The van der Waals surface area contributed by atoms with Crippen molar-refractivity contribution in [1.82, 2.24) is 9.97 Å². The first kappa shape index (κ1) is 9.89. The molecule has 0 aliphatic carbocycles. The number of aromatic amines is 1. The molecule has 0 fully saturated rings. The van der Waals surface area contributed by atoms with Gasteiger partial charge in [0, 0.05) is 18.8 Å². The minimum atomic E-state index is -1.29. The van der Waals surface area contributed by atoms with Crippen molar-refractivity contribution < 1.29 is 9.18 Å². The van der Waals surface area contributed by atoms with Crippen LogP contribution in [0.15, 0.2) is 12.4 Å². The van der Waals surface area contributed by atoms with Crippen molar-refractivity contribution in [2.45, 2.75) is 31.9 Å². The first-order valence-electron chi connectivity index (χ1n) is 4.40. The van der Waals surface area contributed by atoms with Crippen LogP contribution in [0.3, 0.4) is 0 Å². The Morgan fingerprint density at radius 3 is 3.08 bits per heavy atom. The van der Waals surface area contributed by atoms with Crippen molar-refractivity contribution in [3.63, 3.8) is 0 Å². The molecule has 72 valence electrons. The van der Waals surface area contributed by atoms with Gasteiger partial charge >= 0.3 is 0 Å². The van der Waals surface area contributed by atoms with Gasteiger partial charge in [-0.05, 0) is 19.3 Å². The van der Waals surface area contributed by atoms with Gasteiger partial charge in [0.1, 0.15) is 5.82 Å². The number of hydrogen-bond donors (Lipinski definition) is 1. The summed E-state index contributed by atoms with van der Waals surface area (Å²) in [5, 5.41) is 0. The second-order valence-corrected chi connectivity index (χ2v) is 2.93. The molecular formula is C9H13FN2O. The first-order chi connectivity index (χ1) is 6.33. The van der Waals surface area contributed by atoms with Crippen LogP contribution < -0.4 is 0 Å². The Balaban J connectivity index is 2.05. The van der Waals surface area contributed by atoms with Crippen LogP contribution in [-0.2, 0) is 11.2 Å². The van der Waals surface area contributed by atoms with E-state index in [-0.39, 0.29) is 0 Å². The lowest BCUT2D eigenvalue weighted by molar-refractivity contribution is -0.112. The molecule has 0 spiro atoms. The maximum absolute atomic E-state index is 12.4. The van der Waals surface area contributed by atoms with Crippen molar-refractivity contribution in [2.24, 2.45) is 0 Å². The summed E-state index contributed by atoms with van der Waals surface area (Å²) in [4.78, 5) is 16.9. The molecular weight excluding hydrogens is 171 g/mol. The minimum absolute atomic E-state index is 0.324. The molecule has 1 aromatic heterocycles. The quantitative estimate of drug-likeness (QED) is 0.539. The third-order valence-electron chi connectivity index (χ3n) is 1.85. The highest BCUT2D eigenvalue weighted by Crippen LogP contribution is 2.05. The Morgan fingerprint density at radius 1 is 1.62 bits per heavy atom. The summed E-state index contributed by atoms with van der Waals surface area (Å²) in [6, 6.07) is 0. The number of imidazole rings is 1. The fourth-order valence-corrected chi connectivity index (χ4v) is 1.13. The molecule has 1 heterocycles. The number of nitrogens with zero attached hydrogens (tertiary/aromatic N) is 1. The van der Waals surface area contributed by atoms with E-state index < -0.39 is 6.17 Å². The summed E-state index contributed by atoms with van der Waals surface area (Å²) in [7, 11) is 0. The molecule has 4 heteroatoms. The number of carbonyl (C=O) groups excluding carboxylic acids is 1. The molecule has 0 saturated heterocycles. The van der Waals surface area contributed by atoms with Gasteiger partial charge in [-0.2, -0.15) is 0 Å². The summed E-state index contributed by atoms with van der Waals surface area (Å²) in [5.41, 5.74) is 0. The fourth-order valence-electron chi connectivity index (χ4n) is 1.13. The van der Waals surface area contributed by atoms with Gasteiger partial charge in [0.2, 0.25) is 0 Å². The van der Waals surface area contributed by atoms with Gasteiger partial charge < -0.3 is 9.78 Å². The number of aryl methyl sites for hydroxylation is 1. The molecule has 1 unspecified atom stereocenters. The molecule has 0 radical (unpaired) electrons. The average molecular weight is 184 g/mol. The molecule has 0 aliphatic rings. The largest absolute Gasteiger partial charge is 0.349 e. The number of H-pyrrole nitrogens is 1. The lowest BCUT2D eigenvalue weighted by Gasteiger charge is -1.99. The highest BCUT2D eigenvalue weighted by molar-refractivity contribution is 5.55. The zero-order valence-electron chi connectivity index (χ0n) is 7.37. The predicted octanol–water partition coefficient (Wildman–Crippen LogP) is 1.66. The zero-order chi connectivity index (χ0) is 9.52. The topological polar surface area (TPSA) is 45.8 Å². The van der Waals surface area contributed by atoms with E-state index in [1.165, 1.54) is 0 Å². The Kier molecular flexibility index (Phi) is 4.15. The Labute approximate surface area is 76.4 Å². The third-order valence-corrected chi connectivity index (χ3v) is 1.85. The maximum Gasteiger partial charge on any atom is 0.155 e. The fraction of sp³-hybridized carbons (Fsp3) is 0.556. The van der Waals surface area contributed by atoms with E-state index in [1.807, 2.05) is 0 Å². The van der Waals surface area contributed by atoms with E-state index in [1.54, 1.807) is 12.4 Å². The molecule has 1 aromatic rings. The maximum atomic E-state index is 12.4. The lowest BCUT2D eigenvalue weighted by Crippen LogP contribution is -2.01. The van der Waals surface area contributed by atoms with Gasteiger partial charge in [-0.3, -0.25) is 0 Å². The normalized spacial score (nSPS) is 12.7. The number of carbonyl (C=O) groups is 1. The SMILES string of the molecule is O=CC(F)CCCCc1ncc[nH]1. The van der Waals surface area contributed by atoms with Crippen LogP contribution >= 0.6 is 0 Å². The minimum Gasteiger partial charge on any atom is -0.349 e. The van der Waals surface area contributed by atoms with Gasteiger partial charge in [0.05, 0.1) is 0 Å². The Bertz CT molecular complexity index is 236. The Hall–Kier alpha value is -1.19. The van der Waals surface area contributed by atoms with Crippen LogP contribution in [-0.4, -0.2) is 22.4 Å². The number of aldehydes is 1. The van der Waals surface area contributed by atoms with Gasteiger partial charge in [0.15, 0.2) is 12.5 Å². The lowest BCUT2D eigenvalue weighted by atomic mass is 10.1. The molecule has 1 atom stereocenters. The van der Waals surface area contributed by atoms with Crippen LogP contribution in [0.4, 0.5) is 4.39 Å². The van der Waals surface area contributed by atoms with Gasteiger partial charge in [-0.1, -0.05) is 0 Å². The Morgan fingerprint density at radius 2 is 2.46 bits per heavy atom. The average Bonchev–Trinajstić information content (AvgIpc) is 2.64. The highest BCUT2D eigenvalue weighted by atomic mass is 19.1.